The number of esters is 1. The molecule has 182 valence electrons. The van der Waals surface area contributed by atoms with Gasteiger partial charge in [0, 0.05) is 13.0 Å². The summed E-state index contributed by atoms with van der Waals surface area (Å²) < 4.78 is 12.0. The van der Waals surface area contributed by atoms with Crippen molar-refractivity contribution in [2.75, 3.05) is 13.2 Å². The fourth-order valence-electron chi connectivity index (χ4n) is 4.72. The highest BCUT2D eigenvalue weighted by Gasteiger charge is 2.49. The molecule has 4 heteroatoms. The summed E-state index contributed by atoms with van der Waals surface area (Å²) in [5.41, 5.74) is 0. The maximum Gasteiger partial charge on any atom is 0.306 e. The summed E-state index contributed by atoms with van der Waals surface area (Å²) in [4.78, 5) is 11.6. The minimum atomic E-state index is -2.41. The van der Waals surface area contributed by atoms with E-state index < -0.39 is 8.32 Å². The number of benzene rings is 2. The second kappa shape index (κ2) is 13.7. The number of rotatable bonds is 14. The van der Waals surface area contributed by atoms with Crippen LogP contribution in [0.15, 0.2) is 60.7 Å². The molecule has 0 N–H and O–H groups in total. The normalized spacial score (nSPS) is 13.0. The lowest BCUT2D eigenvalue weighted by Crippen LogP contribution is -2.66. The SMILES string of the molecule is CCOC(=O)CC(C)CCCCCCCO[Si](c1ccccc1)(c1ccccc1)C(C)(C)C. The van der Waals surface area contributed by atoms with Crippen LogP contribution in [0, 0.1) is 5.92 Å². The van der Waals surface area contributed by atoms with Crippen LogP contribution in [0.3, 0.4) is 0 Å². The fourth-order valence-corrected chi connectivity index (χ4v) is 9.32. The van der Waals surface area contributed by atoms with Gasteiger partial charge in [0.25, 0.3) is 8.32 Å². The number of unbranched alkanes of at least 4 members (excludes halogenated alkanes) is 4. The monoisotopic (exact) mass is 468 g/mol. The van der Waals surface area contributed by atoms with Crippen LogP contribution < -0.4 is 10.4 Å². The summed E-state index contributed by atoms with van der Waals surface area (Å²) in [6.45, 7) is 12.3. The molecule has 0 bridgehead atoms. The Balaban J connectivity index is 1.88. The van der Waals surface area contributed by atoms with Gasteiger partial charge in [0.15, 0.2) is 0 Å². The summed E-state index contributed by atoms with van der Waals surface area (Å²) in [7, 11) is -2.41. The summed E-state index contributed by atoms with van der Waals surface area (Å²) in [5.74, 6) is 0.341. The molecule has 3 nitrogen and oxygen atoms in total. The van der Waals surface area contributed by atoms with Gasteiger partial charge in [0.05, 0.1) is 6.61 Å². The third-order valence-corrected chi connectivity index (χ3v) is 11.4. The van der Waals surface area contributed by atoms with Crippen LogP contribution in [0.4, 0.5) is 0 Å². The smallest absolute Gasteiger partial charge is 0.306 e. The molecule has 0 saturated heterocycles. The van der Waals surface area contributed by atoms with Gasteiger partial charge in [0.2, 0.25) is 0 Å². The van der Waals surface area contributed by atoms with Crippen LogP contribution in [0.25, 0.3) is 0 Å². The number of hydrogen-bond donors (Lipinski definition) is 0. The molecule has 0 fully saturated rings. The van der Waals surface area contributed by atoms with E-state index in [1.807, 2.05) is 6.92 Å². The van der Waals surface area contributed by atoms with Crippen LogP contribution in [0.5, 0.6) is 0 Å². The van der Waals surface area contributed by atoms with Crippen LogP contribution in [-0.4, -0.2) is 27.5 Å². The van der Waals surface area contributed by atoms with Gasteiger partial charge in [-0.15, -0.1) is 0 Å². The zero-order valence-corrected chi connectivity index (χ0v) is 22.4. The second-order valence-electron chi connectivity index (χ2n) is 10.2. The lowest BCUT2D eigenvalue weighted by Gasteiger charge is -2.43. The molecule has 0 aliphatic heterocycles. The van der Waals surface area contributed by atoms with Crippen LogP contribution in [-0.2, 0) is 14.0 Å². The first-order valence-electron chi connectivity index (χ1n) is 12.7. The lowest BCUT2D eigenvalue weighted by atomic mass is 9.99. The van der Waals surface area contributed by atoms with Gasteiger partial charge >= 0.3 is 5.97 Å². The second-order valence-corrected chi connectivity index (χ2v) is 14.5. The van der Waals surface area contributed by atoms with Gasteiger partial charge < -0.3 is 9.16 Å². The van der Waals surface area contributed by atoms with E-state index in [1.54, 1.807) is 0 Å². The molecule has 0 heterocycles. The molecule has 0 radical (unpaired) electrons. The van der Waals surface area contributed by atoms with Gasteiger partial charge in [-0.05, 0) is 34.7 Å². The molecular formula is C29H44O3Si. The van der Waals surface area contributed by atoms with E-state index in [2.05, 4.69) is 88.4 Å². The zero-order chi connectivity index (χ0) is 24.2. The molecule has 2 rings (SSSR count). The molecule has 1 unspecified atom stereocenters. The van der Waals surface area contributed by atoms with E-state index in [-0.39, 0.29) is 11.0 Å². The maximum atomic E-state index is 11.6. The fraction of sp³-hybridized carbons (Fsp3) is 0.552. The molecule has 0 aliphatic rings. The minimum absolute atomic E-state index is 0.0325. The highest BCUT2D eigenvalue weighted by Crippen LogP contribution is 2.36. The van der Waals surface area contributed by atoms with Crippen molar-refractivity contribution in [1.82, 2.24) is 0 Å². The third kappa shape index (κ3) is 8.11. The van der Waals surface area contributed by atoms with E-state index in [9.17, 15) is 4.79 Å². The van der Waals surface area contributed by atoms with Gasteiger partial charge in [-0.3, -0.25) is 4.79 Å². The number of ether oxygens (including phenoxy) is 1. The standard InChI is InChI=1S/C29H44O3Si/c1-6-31-28(30)24-25(2)18-12-8-7-9-17-23-32-33(29(3,4)5,26-19-13-10-14-20-26)27-21-15-11-16-22-27/h10-11,13-16,19-22,25H,6-9,12,17-18,23-24H2,1-5H3. The zero-order valence-electron chi connectivity index (χ0n) is 21.4. The Kier molecular flexibility index (Phi) is 11.4. The van der Waals surface area contributed by atoms with E-state index >= 15 is 0 Å². The highest BCUT2D eigenvalue weighted by molar-refractivity contribution is 6.99. The highest BCUT2D eigenvalue weighted by atomic mass is 28.4. The van der Waals surface area contributed by atoms with Gasteiger partial charge in [0.1, 0.15) is 0 Å². The Morgan fingerprint density at radius 3 is 1.88 bits per heavy atom. The molecule has 33 heavy (non-hydrogen) atoms. The molecule has 1 atom stereocenters. The van der Waals surface area contributed by atoms with Gasteiger partial charge in [-0.2, -0.15) is 0 Å². The molecular weight excluding hydrogens is 424 g/mol. The Morgan fingerprint density at radius 2 is 1.36 bits per heavy atom. The Bertz CT molecular complexity index is 759. The van der Waals surface area contributed by atoms with E-state index in [0.717, 1.165) is 19.4 Å². The van der Waals surface area contributed by atoms with Crippen LogP contribution >= 0.6 is 0 Å². The lowest BCUT2D eigenvalue weighted by molar-refractivity contribution is -0.144. The first-order chi connectivity index (χ1) is 15.8. The molecule has 0 aromatic heterocycles. The summed E-state index contributed by atoms with van der Waals surface area (Å²) in [6.07, 6.45) is 7.52. The third-order valence-electron chi connectivity index (χ3n) is 6.40. The number of hydrogen-bond acceptors (Lipinski definition) is 3. The Morgan fingerprint density at radius 1 is 0.848 bits per heavy atom. The molecule has 0 saturated carbocycles. The Labute approximate surface area is 203 Å². The summed E-state index contributed by atoms with van der Waals surface area (Å²) >= 11 is 0. The summed E-state index contributed by atoms with van der Waals surface area (Å²) in [5, 5.41) is 2.73. The van der Waals surface area contributed by atoms with E-state index in [4.69, 9.17) is 9.16 Å². The van der Waals surface area contributed by atoms with Crippen molar-refractivity contribution < 1.29 is 14.0 Å². The van der Waals surface area contributed by atoms with Crippen LogP contribution in [0.1, 0.15) is 79.6 Å². The number of carbonyl (C=O) groups is 1. The van der Waals surface area contributed by atoms with Crippen molar-refractivity contribution in [3.05, 3.63) is 60.7 Å². The maximum absolute atomic E-state index is 11.6. The molecule has 2 aromatic carbocycles. The number of carbonyl (C=O) groups excluding carboxylic acids is 1. The van der Waals surface area contributed by atoms with E-state index in [0.29, 0.717) is 18.9 Å². The van der Waals surface area contributed by atoms with Crippen molar-refractivity contribution in [1.29, 1.82) is 0 Å². The predicted molar refractivity (Wildman–Crippen MR) is 142 cm³/mol. The largest absolute Gasteiger partial charge is 0.466 e. The predicted octanol–water partition coefficient (Wildman–Crippen LogP) is 6.49. The quantitative estimate of drug-likeness (QED) is 0.180. The molecule has 0 aliphatic carbocycles. The van der Waals surface area contributed by atoms with Crippen molar-refractivity contribution in [2.24, 2.45) is 5.92 Å². The molecule has 0 spiro atoms. The average molecular weight is 469 g/mol. The topological polar surface area (TPSA) is 35.5 Å². The molecule has 0 amide bonds. The van der Waals surface area contributed by atoms with Gasteiger partial charge in [-0.25, -0.2) is 0 Å². The van der Waals surface area contributed by atoms with Crippen LogP contribution in [0.2, 0.25) is 5.04 Å². The summed E-state index contributed by atoms with van der Waals surface area (Å²) in [6, 6.07) is 21.7. The van der Waals surface area contributed by atoms with Crippen molar-refractivity contribution in [3.8, 4) is 0 Å². The minimum Gasteiger partial charge on any atom is -0.466 e. The first kappa shape index (κ1) is 27.3. The van der Waals surface area contributed by atoms with E-state index in [1.165, 1.54) is 36.1 Å². The molecule has 2 aromatic rings. The van der Waals surface area contributed by atoms with Crippen molar-refractivity contribution >= 4 is 24.7 Å². The van der Waals surface area contributed by atoms with Crippen molar-refractivity contribution in [2.45, 2.75) is 84.6 Å². The Hall–Kier alpha value is -1.91. The average Bonchev–Trinajstić information content (AvgIpc) is 2.78. The van der Waals surface area contributed by atoms with Crippen molar-refractivity contribution in [3.63, 3.8) is 0 Å². The first-order valence-corrected chi connectivity index (χ1v) is 14.6. The van der Waals surface area contributed by atoms with Gasteiger partial charge in [-0.1, -0.05) is 120 Å².